The number of para-hydroxylation sites is 2. The summed E-state index contributed by atoms with van der Waals surface area (Å²) in [5, 5.41) is 8.28. The number of furan rings is 1. The number of benzene rings is 8. The third-order valence-electron chi connectivity index (χ3n) is 11.1. The first-order valence-corrected chi connectivity index (χ1v) is 19.1. The molecule has 3 heterocycles. The largest absolute Gasteiger partial charge is 0.454 e. The molecule has 1 aliphatic heterocycles. The molecule has 10 aromatic rings. The number of nitrogens with zero attached hydrogens (tertiary/aromatic N) is 2. The van der Waals surface area contributed by atoms with Gasteiger partial charge in [0.2, 0.25) is 0 Å². The number of aliphatic imine (C=N–C) groups is 1. The maximum absolute atomic E-state index is 6.74. The van der Waals surface area contributed by atoms with Crippen molar-refractivity contribution in [3.63, 3.8) is 0 Å². The van der Waals surface area contributed by atoms with E-state index in [-0.39, 0.29) is 6.04 Å². The van der Waals surface area contributed by atoms with Crippen LogP contribution in [0.5, 0.6) is 0 Å². The lowest BCUT2D eigenvalue weighted by Gasteiger charge is -2.25. The quantitative estimate of drug-likeness (QED) is 0.186. The van der Waals surface area contributed by atoms with E-state index in [1.165, 1.54) is 16.7 Å². The van der Waals surface area contributed by atoms with Crippen LogP contribution in [0.25, 0.3) is 77.4 Å². The molecule has 0 aliphatic carbocycles. The van der Waals surface area contributed by atoms with Gasteiger partial charge in [-0.25, -0.2) is 4.99 Å². The Kier molecular flexibility index (Phi) is 7.52. The zero-order chi connectivity index (χ0) is 37.0. The van der Waals surface area contributed by atoms with Crippen molar-refractivity contribution in [1.82, 2.24) is 9.88 Å². The molecule has 1 unspecified atom stereocenters. The molecule has 0 saturated carbocycles. The number of fused-ring (bicyclic) bond motifs is 6. The van der Waals surface area contributed by atoms with Crippen molar-refractivity contribution in [1.29, 1.82) is 0 Å². The predicted molar refractivity (Wildman–Crippen MR) is 232 cm³/mol. The van der Waals surface area contributed by atoms with E-state index in [0.29, 0.717) is 0 Å². The average Bonchev–Trinajstić information content (AvgIpc) is 3.83. The predicted octanol–water partition coefficient (Wildman–Crippen LogP) is 13.1. The summed E-state index contributed by atoms with van der Waals surface area (Å²) < 4.78 is 9.13. The maximum atomic E-state index is 6.74. The van der Waals surface area contributed by atoms with Gasteiger partial charge >= 0.3 is 0 Å². The van der Waals surface area contributed by atoms with Gasteiger partial charge < -0.3 is 14.3 Å². The van der Waals surface area contributed by atoms with Crippen LogP contribution in [0.1, 0.15) is 22.7 Å². The highest BCUT2D eigenvalue weighted by atomic mass is 16.3. The second-order valence-corrected chi connectivity index (χ2v) is 14.4. The smallest absolute Gasteiger partial charge is 0.159 e. The van der Waals surface area contributed by atoms with Crippen LogP contribution in [0.2, 0.25) is 0 Å². The van der Waals surface area contributed by atoms with E-state index in [1.54, 1.807) is 0 Å². The summed E-state index contributed by atoms with van der Waals surface area (Å²) in [5.41, 5.74) is 13.9. The number of hydrogen-bond acceptors (Lipinski definition) is 3. The fraction of sp³-hybridized carbons (Fsp3) is 0.0192. The van der Waals surface area contributed by atoms with E-state index < -0.39 is 0 Å². The molecule has 0 spiro atoms. The Labute approximate surface area is 324 Å². The molecule has 0 saturated heterocycles. The monoisotopic (exact) mass is 717 g/mol. The second kappa shape index (κ2) is 13.2. The van der Waals surface area contributed by atoms with Gasteiger partial charge in [0.25, 0.3) is 0 Å². The standard InChI is InChI=1S/C52H35N3O/c1-4-15-34(16-5-1)36-27-29-37(30-28-36)44-33-45(54-52(53-44)38-19-8-3-9-20-38)41-23-14-25-47-50(41)42-22-10-12-24-46(42)55(47)48-32-39(35-17-6-2-7-18-35)31-43-40-21-11-13-26-49(40)56-51(43)48/h1-33,44H,(H,53,54). The van der Waals surface area contributed by atoms with E-state index in [1.807, 2.05) is 12.1 Å². The van der Waals surface area contributed by atoms with Crippen LogP contribution in [0.4, 0.5) is 0 Å². The normalized spacial score (nSPS) is 14.2. The SMILES string of the molecule is C1=C(c2cccc3c2c2ccccc2n3-c2cc(-c3ccccc3)cc3c2oc2ccccc23)N=C(c2ccccc2)NC1c1ccc(-c2ccccc2)cc1. The Bertz CT molecular complexity index is 3140. The van der Waals surface area contributed by atoms with Crippen LogP contribution in [0, 0.1) is 0 Å². The van der Waals surface area contributed by atoms with Gasteiger partial charge in [-0.05, 0) is 64.2 Å². The highest BCUT2D eigenvalue weighted by Gasteiger charge is 2.25. The zero-order valence-electron chi connectivity index (χ0n) is 30.4. The number of amidine groups is 1. The fourth-order valence-corrected chi connectivity index (χ4v) is 8.39. The molecule has 0 radical (unpaired) electrons. The van der Waals surface area contributed by atoms with Gasteiger partial charge in [-0.1, -0.05) is 164 Å². The summed E-state index contributed by atoms with van der Waals surface area (Å²) in [6.07, 6.45) is 2.28. The van der Waals surface area contributed by atoms with Crippen molar-refractivity contribution in [3.8, 4) is 27.9 Å². The van der Waals surface area contributed by atoms with E-state index >= 15 is 0 Å². The molecule has 0 bridgehead atoms. The Balaban J connectivity index is 1.14. The lowest BCUT2D eigenvalue weighted by molar-refractivity contribution is 0.666. The lowest BCUT2D eigenvalue weighted by Crippen LogP contribution is -2.31. The molecule has 1 atom stereocenters. The van der Waals surface area contributed by atoms with Gasteiger partial charge in [0.15, 0.2) is 5.58 Å². The molecule has 56 heavy (non-hydrogen) atoms. The summed E-state index contributed by atoms with van der Waals surface area (Å²) in [6, 6.07) is 68.6. The molecule has 264 valence electrons. The van der Waals surface area contributed by atoms with Crippen molar-refractivity contribution < 1.29 is 4.42 Å². The Morgan fingerprint density at radius 3 is 1.84 bits per heavy atom. The Morgan fingerprint density at radius 2 is 1.09 bits per heavy atom. The summed E-state index contributed by atoms with van der Waals surface area (Å²) in [4.78, 5) is 5.37. The van der Waals surface area contributed by atoms with Crippen LogP contribution < -0.4 is 5.32 Å². The van der Waals surface area contributed by atoms with Crippen LogP contribution in [-0.4, -0.2) is 10.4 Å². The summed E-state index contributed by atoms with van der Waals surface area (Å²) in [5.74, 6) is 0.848. The van der Waals surface area contributed by atoms with Gasteiger partial charge in [-0.2, -0.15) is 0 Å². The summed E-state index contributed by atoms with van der Waals surface area (Å²) in [7, 11) is 0. The minimum absolute atomic E-state index is 0.0936. The molecular formula is C52H35N3O. The van der Waals surface area contributed by atoms with Gasteiger partial charge in [0.1, 0.15) is 11.4 Å². The topological polar surface area (TPSA) is 42.5 Å². The van der Waals surface area contributed by atoms with Gasteiger partial charge in [-0.3, -0.25) is 0 Å². The third kappa shape index (κ3) is 5.34. The first kappa shape index (κ1) is 32.0. The van der Waals surface area contributed by atoms with E-state index in [2.05, 4.69) is 198 Å². The molecule has 4 heteroatoms. The van der Waals surface area contributed by atoms with Gasteiger partial charge in [0, 0.05) is 32.7 Å². The fourth-order valence-electron chi connectivity index (χ4n) is 8.39. The third-order valence-corrected chi connectivity index (χ3v) is 11.1. The molecular weight excluding hydrogens is 683 g/mol. The van der Waals surface area contributed by atoms with Crippen LogP contribution >= 0.6 is 0 Å². The first-order chi connectivity index (χ1) is 27.8. The number of rotatable bonds is 6. The van der Waals surface area contributed by atoms with E-state index in [0.717, 1.165) is 83.2 Å². The second-order valence-electron chi connectivity index (χ2n) is 14.4. The highest BCUT2D eigenvalue weighted by molar-refractivity contribution is 6.17. The van der Waals surface area contributed by atoms with Crippen LogP contribution in [0.15, 0.2) is 210 Å². The molecule has 4 nitrogen and oxygen atoms in total. The van der Waals surface area contributed by atoms with E-state index in [9.17, 15) is 0 Å². The Hall–Kier alpha value is -7.43. The summed E-state index contributed by atoms with van der Waals surface area (Å²) in [6.45, 7) is 0. The Morgan fingerprint density at radius 1 is 0.482 bits per heavy atom. The molecule has 2 aromatic heterocycles. The number of nitrogens with one attached hydrogen (secondary N) is 1. The zero-order valence-corrected chi connectivity index (χ0v) is 30.4. The molecule has 8 aromatic carbocycles. The molecule has 1 N–H and O–H groups in total. The highest BCUT2D eigenvalue weighted by Crippen LogP contribution is 2.43. The minimum Gasteiger partial charge on any atom is -0.454 e. The van der Waals surface area contributed by atoms with Gasteiger partial charge in [0.05, 0.1) is 28.5 Å². The van der Waals surface area contributed by atoms with Crippen molar-refractivity contribution >= 4 is 55.3 Å². The molecule has 0 fully saturated rings. The van der Waals surface area contributed by atoms with Crippen LogP contribution in [0.3, 0.4) is 0 Å². The number of hydrogen-bond donors (Lipinski definition) is 1. The molecule has 1 aliphatic rings. The van der Waals surface area contributed by atoms with Crippen molar-refractivity contribution in [2.45, 2.75) is 6.04 Å². The summed E-state index contributed by atoms with van der Waals surface area (Å²) >= 11 is 0. The molecule has 11 rings (SSSR count). The number of aromatic nitrogens is 1. The molecule has 0 amide bonds. The lowest BCUT2D eigenvalue weighted by atomic mass is 9.96. The maximum Gasteiger partial charge on any atom is 0.159 e. The van der Waals surface area contributed by atoms with Crippen molar-refractivity contribution in [2.75, 3.05) is 0 Å². The van der Waals surface area contributed by atoms with Crippen molar-refractivity contribution in [3.05, 3.63) is 217 Å². The average molecular weight is 718 g/mol. The first-order valence-electron chi connectivity index (χ1n) is 19.1. The van der Waals surface area contributed by atoms with Crippen molar-refractivity contribution in [2.24, 2.45) is 4.99 Å². The van der Waals surface area contributed by atoms with Gasteiger partial charge in [-0.15, -0.1) is 0 Å². The van der Waals surface area contributed by atoms with E-state index in [4.69, 9.17) is 9.41 Å². The van der Waals surface area contributed by atoms with Crippen LogP contribution in [-0.2, 0) is 0 Å². The minimum atomic E-state index is -0.0936.